The molecule has 2 aromatic heterocycles. The quantitative estimate of drug-likeness (QED) is 0.606. The van der Waals surface area contributed by atoms with E-state index < -0.39 is 0 Å². The summed E-state index contributed by atoms with van der Waals surface area (Å²) in [4.78, 5) is 8.87. The molecule has 6 nitrogen and oxygen atoms in total. The molecule has 2 heterocycles. The Hall–Kier alpha value is -2.12. The van der Waals surface area contributed by atoms with Gasteiger partial charge < -0.3 is 13.8 Å². The van der Waals surface area contributed by atoms with Gasteiger partial charge in [0.2, 0.25) is 5.89 Å². The van der Waals surface area contributed by atoms with Gasteiger partial charge in [0.15, 0.2) is 11.0 Å². The second-order valence-electron chi connectivity index (χ2n) is 5.28. The van der Waals surface area contributed by atoms with Crippen molar-refractivity contribution < 1.29 is 9.26 Å². The van der Waals surface area contributed by atoms with Crippen LogP contribution in [0.4, 0.5) is 0 Å². The van der Waals surface area contributed by atoms with Crippen molar-refractivity contribution in [3.05, 3.63) is 48.2 Å². The van der Waals surface area contributed by atoms with Crippen LogP contribution < -0.4 is 0 Å². The number of thioether (sulfide) groups is 1. The highest BCUT2D eigenvalue weighted by atomic mass is 32.2. The van der Waals surface area contributed by atoms with E-state index in [1.807, 2.05) is 45.3 Å². The molecule has 0 aliphatic carbocycles. The molecule has 24 heavy (non-hydrogen) atoms. The van der Waals surface area contributed by atoms with Crippen LogP contribution in [0.25, 0.3) is 11.3 Å². The second-order valence-corrected chi connectivity index (χ2v) is 6.23. The summed E-state index contributed by atoms with van der Waals surface area (Å²) in [6.45, 7) is 4.48. The zero-order valence-corrected chi connectivity index (χ0v) is 14.8. The van der Waals surface area contributed by atoms with Gasteiger partial charge in [0.05, 0.1) is 17.6 Å². The molecule has 126 valence electrons. The monoisotopic (exact) mass is 344 g/mol. The normalized spacial score (nSPS) is 12.5. The van der Waals surface area contributed by atoms with Crippen LogP contribution in [0.15, 0.2) is 46.2 Å². The fourth-order valence-corrected chi connectivity index (χ4v) is 3.14. The van der Waals surface area contributed by atoms with E-state index in [1.165, 1.54) is 0 Å². The van der Waals surface area contributed by atoms with Crippen molar-refractivity contribution in [3.63, 3.8) is 0 Å². The standard InChI is InChI=1S/C17H20N4O2S/c1-4-22-12(2)16-19-15(23-20-16)11-24-17-18-10-14(21(17)3)13-8-6-5-7-9-13/h5-10,12H,4,11H2,1-3H3/t12-/m0/s1. The van der Waals surface area contributed by atoms with Crippen molar-refractivity contribution in [1.82, 2.24) is 19.7 Å². The summed E-state index contributed by atoms with van der Waals surface area (Å²) in [6.07, 6.45) is 1.73. The Labute approximate surface area is 145 Å². The van der Waals surface area contributed by atoms with Crippen molar-refractivity contribution in [2.45, 2.75) is 30.9 Å². The maximum atomic E-state index is 5.47. The first-order chi connectivity index (χ1) is 11.7. The SMILES string of the molecule is CCO[C@@H](C)c1noc(CSc2ncc(-c3ccccc3)n2C)n1. The van der Waals surface area contributed by atoms with Crippen LogP contribution in [0.5, 0.6) is 0 Å². The summed E-state index contributed by atoms with van der Waals surface area (Å²) in [5.74, 6) is 1.73. The number of ether oxygens (including phenoxy) is 1. The van der Waals surface area contributed by atoms with Gasteiger partial charge in [0.25, 0.3) is 0 Å². The Morgan fingerprint density at radius 2 is 2.08 bits per heavy atom. The van der Waals surface area contributed by atoms with Gasteiger partial charge in [-0.25, -0.2) is 4.98 Å². The summed E-state index contributed by atoms with van der Waals surface area (Å²) in [6, 6.07) is 10.2. The van der Waals surface area contributed by atoms with Gasteiger partial charge in [-0.15, -0.1) is 0 Å². The third-order valence-electron chi connectivity index (χ3n) is 3.60. The van der Waals surface area contributed by atoms with Gasteiger partial charge in [-0.2, -0.15) is 4.98 Å². The number of nitrogens with zero attached hydrogens (tertiary/aromatic N) is 4. The fourth-order valence-electron chi connectivity index (χ4n) is 2.35. The molecule has 0 saturated carbocycles. The number of hydrogen-bond donors (Lipinski definition) is 0. The van der Waals surface area contributed by atoms with Gasteiger partial charge >= 0.3 is 0 Å². The van der Waals surface area contributed by atoms with Gasteiger partial charge in [0, 0.05) is 13.7 Å². The van der Waals surface area contributed by atoms with Crippen LogP contribution in [0, 0.1) is 0 Å². The van der Waals surface area contributed by atoms with Crippen molar-refractivity contribution >= 4 is 11.8 Å². The number of benzene rings is 1. The van der Waals surface area contributed by atoms with Gasteiger partial charge in [-0.05, 0) is 19.4 Å². The lowest BCUT2D eigenvalue weighted by Crippen LogP contribution is -2.01. The summed E-state index contributed by atoms with van der Waals surface area (Å²) in [5.41, 5.74) is 2.22. The van der Waals surface area contributed by atoms with Crippen molar-refractivity contribution in [3.8, 4) is 11.3 Å². The predicted molar refractivity (Wildman–Crippen MR) is 92.5 cm³/mol. The predicted octanol–water partition coefficient (Wildman–Crippen LogP) is 3.86. The summed E-state index contributed by atoms with van der Waals surface area (Å²) < 4.78 is 12.8. The highest BCUT2D eigenvalue weighted by Gasteiger charge is 2.15. The molecule has 3 rings (SSSR count). The summed E-state index contributed by atoms with van der Waals surface area (Å²) in [7, 11) is 2.01. The van der Waals surface area contributed by atoms with Crippen LogP contribution in [-0.4, -0.2) is 26.3 Å². The second kappa shape index (κ2) is 7.63. The van der Waals surface area contributed by atoms with E-state index in [0.29, 0.717) is 24.1 Å². The number of aromatic nitrogens is 4. The minimum absolute atomic E-state index is 0.157. The molecular formula is C17H20N4O2S. The van der Waals surface area contributed by atoms with E-state index >= 15 is 0 Å². The van der Waals surface area contributed by atoms with E-state index in [2.05, 4.69) is 31.8 Å². The average molecular weight is 344 g/mol. The Bertz CT molecular complexity index is 785. The van der Waals surface area contributed by atoms with Crippen molar-refractivity contribution in [2.24, 2.45) is 7.05 Å². The lowest BCUT2D eigenvalue weighted by molar-refractivity contribution is 0.0683. The molecule has 1 aromatic carbocycles. The minimum Gasteiger partial charge on any atom is -0.371 e. The highest BCUT2D eigenvalue weighted by Crippen LogP contribution is 2.26. The largest absolute Gasteiger partial charge is 0.371 e. The average Bonchev–Trinajstić information content (AvgIpc) is 3.21. The minimum atomic E-state index is -0.157. The molecule has 0 unspecified atom stereocenters. The molecule has 7 heteroatoms. The first-order valence-electron chi connectivity index (χ1n) is 7.83. The molecule has 0 aliphatic heterocycles. The Balaban J connectivity index is 1.67. The first kappa shape index (κ1) is 16.7. The van der Waals surface area contributed by atoms with E-state index in [-0.39, 0.29) is 6.10 Å². The van der Waals surface area contributed by atoms with E-state index in [4.69, 9.17) is 9.26 Å². The molecule has 0 saturated heterocycles. The highest BCUT2D eigenvalue weighted by molar-refractivity contribution is 7.98. The van der Waals surface area contributed by atoms with Crippen molar-refractivity contribution in [2.75, 3.05) is 6.61 Å². The summed E-state index contributed by atoms with van der Waals surface area (Å²) >= 11 is 1.57. The zero-order chi connectivity index (χ0) is 16.9. The van der Waals surface area contributed by atoms with Crippen LogP contribution in [0.2, 0.25) is 0 Å². The summed E-state index contributed by atoms with van der Waals surface area (Å²) in [5, 5.41) is 4.88. The van der Waals surface area contributed by atoms with Gasteiger partial charge in [-0.3, -0.25) is 0 Å². The smallest absolute Gasteiger partial charge is 0.237 e. The van der Waals surface area contributed by atoms with E-state index in [0.717, 1.165) is 16.4 Å². The lowest BCUT2D eigenvalue weighted by Gasteiger charge is -2.05. The van der Waals surface area contributed by atoms with Crippen LogP contribution >= 0.6 is 11.8 Å². The zero-order valence-electron chi connectivity index (χ0n) is 14.0. The number of imidazole rings is 1. The molecule has 3 aromatic rings. The molecular weight excluding hydrogens is 324 g/mol. The maximum Gasteiger partial charge on any atom is 0.237 e. The number of hydrogen-bond acceptors (Lipinski definition) is 6. The molecule has 0 amide bonds. The molecule has 0 N–H and O–H groups in total. The fraction of sp³-hybridized carbons (Fsp3) is 0.353. The molecule has 0 spiro atoms. The molecule has 0 bridgehead atoms. The van der Waals surface area contributed by atoms with Gasteiger partial charge in [0.1, 0.15) is 6.10 Å². The Kier molecular flexibility index (Phi) is 5.32. The maximum absolute atomic E-state index is 5.47. The van der Waals surface area contributed by atoms with Crippen LogP contribution in [0.1, 0.15) is 31.7 Å². The van der Waals surface area contributed by atoms with Crippen LogP contribution in [-0.2, 0) is 17.5 Å². The van der Waals surface area contributed by atoms with E-state index in [9.17, 15) is 0 Å². The molecule has 1 atom stereocenters. The molecule has 0 aliphatic rings. The first-order valence-corrected chi connectivity index (χ1v) is 8.81. The molecule has 0 fully saturated rings. The Morgan fingerprint density at radius 3 is 2.83 bits per heavy atom. The molecule has 0 radical (unpaired) electrons. The Morgan fingerprint density at radius 1 is 1.29 bits per heavy atom. The van der Waals surface area contributed by atoms with Gasteiger partial charge in [-0.1, -0.05) is 47.3 Å². The van der Waals surface area contributed by atoms with Crippen LogP contribution in [0.3, 0.4) is 0 Å². The third-order valence-corrected chi connectivity index (χ3v) is 4.63. The van der Waals surface area contributed by atoms with E-state index in [1.54, 1.807) is 11.8 Å². The third kappa shape index (κ3) is 3.68. The lowest BCUT2D eigenvalue weighted by atomic mass is 10.2. The number of rotatable bonds is 7. The van der Waals surface area contributed by atoms with Crippen molar-refractivity contribution in [1.29, 1.82) is 0 Å². The topological polar surface area (TPSA) is 66.0 Å².